The number of aromatic nitrogens is 2. The van der Waals surface area contributed by atoms with Crippen molar-refractivity contribution in [1.29, 1.82) is 0 Å². The first kappa shape index (κ1) is 28.2. The average Bonchev–Trinajstić information content (AvgIpc) is 2.93. The quantitative estimate of drug-likeness (QED) is 0.175. The van der Waals surface area contributed by atoms with Crippen molar-refractivity contribution in [2.45, 2.75) is 52.4 Å². The van der Waals surface area contributed by atoms with Crippen LogP contribution in [0, 0.1) is 6.07 Å². The molecule has 4 heteroatoms. The Morgan fingerprint density at radius 3 is 1.82 bits per heavy atom. The van der Waals surface area contributed by atoms with E-state index in [0.29, 0.717) is 0 Å². The summed E-state index contributed by atoms with van der Waals surface area (Å²) in [5.74, 6) is 0. The maximum atomic E-state index is 5.05. The van der Waals surface area contributed by atoms with Crippen LogP contribution in [0.4, 0.5) is 0 Å². The predicted octanol–water partition coefficient (Wildman–Crippen LogP) is 9.71. The molecule has 0 spiro atoms. The molecule has 196 valence electrons. The number of fused-ring (bicyclic) bond motifs is 1. The summed E-state index contributed by atoms with van der Waals surface area (Å²) >= 11 is 1.61. The summed E-state index contributed by atoms with van der Waals surface area (Å²) in [6.07, 6.45) is 1.94. The molecule has 0 N–H and O–H groups in total. The fourth-order valence-corrected chi connectivity index (χ4v) is 4.40. The molecule has 0 amide bonds. The van der Waals surface area contributed by atoms with Crippen molar-refractivity contribution in [2.75, 3.05) is 0 Å². The van der Waals surface area contributed by atoms with Crippen LogP contribution in [0.15, 0.2) is 91.1 Å². The van der Waals surface area contributed by atoms with Gasteiger partial charge >= 0.3 is 28.2 Å². The molecule has 0 bridgehead atoms. The van der Waals surface area contributed by atoms with Crippen molar-refractivity contribution < 1.29 is 18.8 Å². The average molecular weight is 700 g/mol. The number of hydrogen-bond donors (Lipinski definition) is 0. The minimum absolute atomic E-state index is 0.0435. The van der Waals surface area contributed by atoms with Crippen molar-refractivity contribution in [3.05, 3.63) is 108 Å². The number of rotatable bonds is 3. The third-order valence-corrected chi connectivity index (χ3v) is 6.70. The van der Waals surface area contributed by atoms with Crippen molar-refractivity contribution in [3.63, 3.8) is 0 Å². The maximum absolute atomic E-state index is 5.05. The monoisotopic (exact) mass is 699 g/mol. The van der Waals surface area contributed by atoms with E-state index in [1.54, 1.807) is 18.8 Å². The Morgan fingerprint density at radius 2 is 1.21 bits per heavy atom. The van der Waals surface area contributed by atoms with Gasteiger partial charge < -0.3 is 0 Å². The van der Waals surface area contributed by atoms with E-state index in [-0.39, 0.29) is 10.8 Å². The van der Waals surface area contributed by atoms with Crippen LogP contribution < -0.4 is 0 Å². The van der Waals surface area contributed by atoms with Gasteiger partial charge in [0.05, 0.1) is 11.4 Å². The third kappa shape index (κ3) is 6.42. The molecule has 38 heavy (non-hydrogen) atoms. The van der Waals surface area contributed by atoms with Crippen LogP contribution in [0.1, 0.15) is 52.7 Å². The van der Waals surface area contributed by atoms with Gasteiger partial charge in [0.25, 0.3) is 0 Å². The Hall–Kier alpha value is -2.80. The van der Waals surface area contributed by atoms with Crippen LogP contribution in [-0.4, -0.2) is 9.97 Å². The predicted molar refractivity (Wildman–Crippen MR) is 158 cm³/mol. The fourth-order valence-electron chi connectivity index (χ4n) is 4.40. The Kier molecular flexibility index (Phi) is 8.55. The van der Waals surface area contributed by atoms with E-state index in [9.17, 15) is 0 Å². The van der Waals surface area contributed by atoms with Gasteiger partial charge in [-0.1, -0.05) is 90.1 Å². The summed E-state index contributed by atoms with van der Waals surface area (Å²) in [4.78, 5) is 9.84. The van der Waals surface area contributed by atoms with E-state index in [1.165, 1.54) is 16.7 Å². The number of halogens is 1. The van der Waals surface area contributed by atoms with Gasteiger partial charge in [-0.15, -0.1) is 35.9 Å². The molecule has 0 fully saturated rings. The van der Waals surface area contributed by atoms with Crippen LogP contribution in [0.2, 0.25) is 0 Å². The Balaban J connectivity index is 0.00000164. The topological polar surface area (TPSA) is 25.8 Å². The van der Waals surface area contributed by atoms with E-state index in [0.717, 1.165) is 39.0 Å². The molecule has 0 radical (unpaired) electrons. The van der Waals surface area contributed by atoms with Gasteiger partial charge in [-0.3, -0.25) is 9.97 Å². The molecule has 0 aliphatic rings. The minimum atomic E-state index is 0.0435. The van der Waals surface area contributed by atoms with E-state index < -0.39 is 0 Å². The first-order chi connectivity index (χ1) is 18.1. The fraction of sp³-hybridized carbons (Fsp3) is 0.235. The van der Waals surface area contributed by atoms with Crippen LogP contribution in [0.5, 0.6) is 0 Å². The molecule has 3 aromatic carbocycles. The van der Waals surface area contributed by atoms with Gasteiger partial charge in [-0.05, 0) is 56.3 Å². The summed E-state index contributed by atoms with van der Waals surface area (Å²) in [6, 6.07) is 33.2. The van der Waals surface area contributed by atoms with E-state index >= 15 is 0 Å². The zero-order valence-electron chi connectivity index (χ0n) is 22.7. The summed E-state index contributed by atoms with van der Waals surface area (Å²) in [6.45, 7) is 13.7. The number of hydrogen-bond acceptors (Lipinski definition) is 2. The number of nitrogens with zero attached hydrogens (tertiary/aromatic N) is 2. The molecule has 0 aliphatic heterocycles. The zero-order chi connectivity index (χ0) is 27.5. The molecule has 5 rings (SSSR count). The van der Waals surface area contributed by atoms with Crippen molar-refractivity contribution in [3.8, 4) is 33.8 Å². The third-order valence-electron chi connectivity index (χ3n) is 6.70. The van der Waals surface area contributed by atoms with Gasteiger partial charge in [0.15, 0.2) is 0 Å². The normalized spacial score (nSPS) is 11.7. The van der Waals surface area contributed by atoms with Crippen LogP contribution in [0.25, 0.3) is 44.5 Å². The molecule has 0 atom stereocenters. The summed E-state index contributed by atoms with van der Waals surface area (Å²) in [7, 11) is 4.61. The Bertz CT molecular complexity index is 1510. The second kappa shape index (κ2) is 11.5. The van der Waals surface area contributed by atoms with Crippen molar-refractivity contribution >= 4 is 20.2 Å². The molecule has 2 aromatic heterocycles. The summed E-state index contributed by atoms with van der Waals surface area (Å²) in [5, 5.41) is 2.29. The first-order valence-corrected chi connectivity index (χ1v) is 15.5. The standard InChI is InChI=1S/C34H33N2.ClH.Pt/c1-33(2,3)28-16-26(17-29(21-28)34(4,5)6)27-19-30(23-12-8-7-9-13-23)36-32(20-27)31-18-24-14-10-11-15-25(24)22-35-31;;/h7-12,14-22H,1-6H3;1H;/q-1;;+2/p-1. The zero-order valence-corrected chi connectivity index (χ0v) is 25.8. The SMILES string of the molecule is CC(C)(C)c1cc(-c2cc(-c3[c-]cccc3)nc(-c3cc4ccccc4cn3)c2)cc(C(C)(C)C)c1.[Cl][Pt+]. The molecule has 0 unspecified atom stereocenters. The van der Waals surface area contributed by atoms with Crippen LogP contribution >= 0.6 is 9.42 Å². The molecule has 2 nitrogen and oxygen atoms in total. The Morgan fingerprint density at radius 1 is 0.632 bits per heavy atom. The second-order valence-electron chi connectivity index (χ2n) is 11.6. The van der Waals surface area contributed by atoms with Crippen molar-refractivity contribution in [2.24, 2.45) is 0 Å². The molecule has 0 saturated heterocycles. The summed E-state index contributed by atoms with van der Waals surface area (Å²) < 4.78 is 0. The number of benzene rings is 3. The molecule has 0 aliphatic carbocycles. The molecular formula is C34H33ClN2Pt. The molecular weight excluding hydrogens is 667 g/mol. The first-order valence-electron chi connectivity index (χ1n) is 12.7. The second-order valence-corrected chi connectivity index (χ2v) is 11.6. The van der Waals surface area contributed by atoms with Gasteiger partial charge in [0.2, 0.25) is 0 Å². The van der Waals surface area contributed by atoms with Gasteiger partial charge in [0, 0.05) is 11.6 Å². The van der Waals surface area contributed by atoms with Crippen molar-refractivity contribution in [1.82, 2.24) is 9.97 Å². The van der Waals surface area contributed by atoms with Gasteiger partial charge in [-0.2, -0.15) is 0 Å². The van der Waals surface area contributed by atoms with Gasteiger partial charge in [0.1, 0.15) is 0 Å². The molecule has 0 saturated carbocycles. The molecule has 2 heterocycles. The van der Waals surface area contributed by atoms with Crippen LogP contribution in [-0.2, 0) is 29.6 Å². The summed E-state index contributed by atoms with van der Waals surface area (Å²) in [5.41, 5.74) is 8.71. The van der Waals surface area contributed by atoms with Crippen LogP contribution in [0.3, 0.4) is 0 Å². The molecule has 5 aromatic rings. The van der Waals surface area contributed by atoms with E-state index in [1.807, 2.05) is 30.5 Å². The Labute approximate surface area is 242 Å². The number of pyridine rings is 2. The van der Waals surface area contributed by atoms with E-state index in [4.69, 9.17) is 9.97 Å². The van der Waals surface area contributed by atoms with E-state index in [2.05, 4.69) is 118 Å². The van der Waals surface area contributed by atoms with Gasteiger partial charge in [-0.25, -0.2) is 0 Å².